The molecule has 0 aliphatic carbocycles. The molecule has 0 saturated heterocycles. The lowest BCUT2D eigenvalue weighted by Crippen LogP contribution is -2.31. The van der Waals surface area contributed by atoms with Gasteiger partial charge in [-0.3, -0.25) is 0 Å². The van der Waals surface area contributed by atoms with Crippen LogP contribution in [-0.2, 0) is 28.6 Å². The van der Waals surface area contributed by atoms with Gasteiger partial charge in [-0.1, -0.05) is 157 Å². The Balaban J connectivity index is 6.22. The smallest absolute Gasteiger partial charge is 0.341 e. The lowest BCUT2D eigenvalue weighted by Gasteiger charge is -2.27. The SMILES string of the molecule is C=CC(=O)OC(CC(CC)CCCC)/C(C(=O)OCCCCCCCCCCCC)=C(\CC(CC)CCCC)OC(=O)C(=C)C. The van der Waals surface area contributed by atoms with Gasteiger partial charge in [0, 0.05) is 18.1 Å². The van der Waals surface area contributed by atoms with E-state index in [1.165, 1.54) is 44.9 Å². The Kier molecular flexibility index (Phi) is 26.4. The minimum absolute atomic E-state index is 0.150. The zero-order chi connectivity index (χ0) is 33.9. The molecule has 260 valence electrons. The van der Waals surface area contributed by atoms with E-state index in [1.807, 2.05) is 0 Å². The largest absolute Gasteiger partial charge is 0.462 e. The number of allylic oxidation sites excluding steroid dienone is 1. The van der Waals surface area contributed by atoms with E-state index in [0.717, 1.165) is 76.7 Å². The maximum Gasteiger partial charge on any atom is 0.341 e. The normalized spacial score (nSPS) is 13.7. The Bertz CT molecular complexity index is 873. The maximum absolute atomic E-state index is 14.0. The fourth-order valence-electron chi connectivity index (χ4n) is 5.57. The highest BCUT2D eigenvalue weighted by Crippen LogP contribution is 2.32. The van der Waals surface area contributed by atoms with Crippen molar-refractivity contribution in [3.05, 3.63) is 36.1 Å². The lowest BCUT2D eigenvalue weighted by molar-refractivity contribution is -0.147. The standard InChI is InChI=1S/C39H68O6/c1-9-15-18-19-20-21-22-23-24-25-28-43-39(42)37(34(44-36(40)14-6)29-32(12-4)26-16-10-2)35(45-38(41)31(7)8)30-33(13-5)27-17-11-3/h14,32-34H,6-7,9-13,15-30H2,1-5,8H3/b37-35-. The molecule has 0 spiro atoms. The van der Waals surface area contributed by atoms with Gasteiger partial charge in [0.1, 0.15) is 17.4 Å². The molecule has 0 bridgehead atoms. The van der Waals surface area contributed by atoms with Crippen LogP contribution in [0.15, 0.2) is 36.1 Å². The van der Waals surface area contributed by atoms with Crippen LogP contribution in [0.5, 0.6) is 0 Å². The van der Waals surface area contributed by atoms with Crippen LogP contribution >= 0.6 is 0 Å². The summed E-state index contributed by atoms with van der Waals surface area (Å²) in [6, 6.07) is 0. The molecule has 3 atom stereocenters. The van der Waals surface area contributed by atoms with Crippen molar-refractivity contribution in [2.24, 2.45) is 11.8 Å². The van der Waals surface area contributed by atoms with Crippen LogP contribution in [0.4, 0.5) is 0 Å². The lowest BCUT2D eigenvalue weighted by atomic mass is 9.87. The van der Waals surface area contributed by atoms with Crippen LogP contribution in [0.3, 0.4) is 0 Å². The van der Waals surface area contributed by atoms with Gasteiger partial charge in [-0.2, -0.15) is 0 Å². The maximum atomic E-state index is 14.0. The molecular weight excluding hydrogens is 564 g/mol. The van der Waals surface area contributed by atoms with E-state index in [4.69, 9.17) is 14.2 Å². The number of carbonyl (C=O) groups is 3. The summed E-state index contributed by atoms with van der Waals surface area (Å²) in [7, 11) is 0. The Morgan fingerprint density at radius 2 is 1.20 bits per heavy atom. The van der Waals surface area contributed by atoms with Crippen molar-refractivity contribution in [3.63, 3.8) is 0 Å². The van der Waals surface area contributed by atoms with Crippen molar-refractivity contribution in [2.45, 2.75) is 176 Å². The van der Waals surface area contributed by atoms with Crippen LogP contribution in [0, 0.1) is 11.8 Å². The zero-order valence-corrected chi connectivity index (χ0v) is 30.0. The van der Waals surface area contributed by atoms with Crippen molar-refractivity contribution >= 4 is 17.9 Å². The van der Waals surface area contributed by atoms with E-state index in [0.29, 0.717) is 12.8 Å². The topological polar surface area (TPSA) is 78.9 Å². The summed E-state index contributed by atoms with van der Waals surface area (Å²) < 4.78 is 17.7. The zero-order valence-electron chi connectivity index (χ0n) is 30.0. The summed E-state index contributed by atoms with van der Waals surface area (Å²) in [6.07, 6.45) is 20.6. The predicted octanol–water partition coefficient (Wildman–Crippen LogP) is 11.1. The Hall–Kier alpha value is -2.37. The number of rotatable bonds is 29. The van der Waals surface area contributed by atoms with Gasteiger partial charge in [-0.25, -0.2) is 14.4 Å². The molecule has 3 unspecified atom stereocenters. The molecule has 0 aliphatic rings. The fourth-order valence-corrected chi connectivity index (χ4v) is 5.57. The van der Waals surface area contributed by atoms with Crippen LogP contribution < -0.4 is 0 Å². The molecule has 0 amide bonds. The minimum atomic E-state index is -0.908. The Morgan fingerprint density at radius 1 is 0.689 bits per heavy atom. The molecule has 0 N–H and O–H groups in total. The van der Waals surface area contributed by atoms with Crippen LogP contribution in [0.25, 0.3) is 0 Å². The molecule has 0 aromatic heterocycles. The number of carbonyl (C=O) groups excluding carboxylic acids is 3. The number of ether oxygens (including phenoxy) is 3. The number of hydrogen-bond acceptors (Lipinski definition) is 6. The monoisotopic (exact) mass is 633 g/mol. The van der Waals surface area contributed by atoms with Crippen LogP contribution in [0.2, 0.25) is 0 Å². The first-order valence-electron chi connectivity index (χ1n) is 18.3. The predicted molar refractivity (Wildman–Crippen MR) is 187 cm³/mol. The summed E-state index contributed by atoms with van der Waals surface area (Å²) in [5.41, 5.74) is 0.387. The van der Waals surface area contributed by atoms with E-state index < -0.39 is 24.0 Å². The summed E-state index contributed by atoms with van der Waals surface area (Å²) in [6.45, 7) is 19.9. The van der Waals surface area contributed by atoms with E-state index >= 15 is 0 Å². The summed E-state index contributed by atoms with van der Waals surface area (Å²) in [5, 5.41) is 0. The van der Waals surface area contributed by atoms with Gasteiger partial charge in [-0.15, -0.1) is 0 Å². The van der Waals surface area contributed by atoms with E-state index in [-0.39, 0.29) is 35.3 Å². The Morgan fingerprint density at radius 3 is 1.69 bits per heavy atom. The van der Waals surface area contributed by atoms with Crippen molar-refractivity contribution in [1.29, 1.82) is 0 Å². The second-order valence-electron chi connectivity index (χ2n) is 12.7. The first kappa shape index (κ1) is 42.6. The molecule has 0 saturated carbocycles. The van der Waals surface area contributed by atoms with Crippen molar-refractivity contribution in [2.75, 3.05) is 6.61 Å². The molecule has 0 aromatic carbocycles. The summed E-state index contributed by atoms with van der Waals surface area (Å²) >= 11 is 0. The highest BCUT2D eigenvalue weighted by molar-refractivity contribution is 5.93. The number of esters is 3. The van der Waals surface area contributed by atoms with Gasteiger partial charge in [-0.05, 0) is 31.6 Å². The van der Waals surface area contributed by atoms with Gasteiger partial charge < -0.3 is 14.2 Å². The van der Waals surface area contributed by atoms with Gasteiger partial charge in [0.05, 0.1) is 6.61 Å². The quantitative estimate of drug-likeness (QED) is 0.0268. The molecule has 0 fully saturated rings. The molecule has 45 heavy (non-hydrogen) atoms. The molecular formula is C39H68O6. The number of hydrogen-bond donors (Lipinski definition) is 0. The van der Waals surface area contributed by atoms with Gasteiger partial charge in [0.2, 0.25) is 0 Å². The Labute approximate surface area is 276 Å². The van der Waals surface area contributed by atoms with E-state index in [9.17, 15) is 14.4 Å². The highest BCUT2D eigenvalue weighted by Gasteiger charge is 2.34. The van der Waals surface area contributed by atoms with Gasteiger partial charge in [0.25, 0.3) is 0 Å². The van der Waals surface area contributed by atoms with Gasteiger partial charge in [0.15, 0.2) is 0 Å². The fraction of sp³-hybridized carbons (Fsp3) is 0.769. The molecule has 6 heteroatoms. The molecule has 0 radical (unpaired) electrons. The van der Waals surface area contributed by atoms with Crippen molar-refractivity contribution < 1.29 is 28.6 Å². The highest BCUT2D eigenvalue weighted by atomic mass is 16.6. The summed E-state index contributed by atoms with van der Waals surface area (Å²) in [5.74, 6) is -1.13. The third-order valence-corrected chi connectivity index (χ3v) is 8.67. The average Bonchev–Trinajstić information content (AvgIpc) is 3.03. The first-order chi connectivity index (χ1) is 21.7. The van der Waals surface area contributed by atoms with Crippen molar-refractivity contribution in [3.8, 4) is 0 Å². The van der Waals surface area contributed by atoms with Gasteiger partial charge >= 0.3 is 17.9 Å². The van der Waals surface area contributed by atoms with Crippen molar-refractivity contribution in [1.82, 2.24) is 0 Å². The van der Waals surface area contributed by atoms with E-state index in [1.54, 1.807) is 6.92 Å². The van der Waals surface area contributed by atoms with Crippen LogP contribution in [0.1, 0.15) is 170 Å². The number of unbranched alkanes of at least 4 members (excludes halogenated alkanes) is 11. The molecule has 6 nitrogen and oxygen atoms in total. The summed E-state index contributed by atoms with van der Waals surface area (Å²) in [4.78, 5) is 39.5. The third-order valence-electron chi connectivity index (χ3n) is 8.67. The molecule has 0 aromatic rings. The van der Waals surface area contributed by atoms with Crippen LogP contribution in [-0.4, -0.2) is 30.6 Å². The second kappa shape index (κ2) is 27.9. The first-order valence-corrected chi connectivity index (χ1v) is 18.3. The molecule has 0 aliphatic heterocycles. The van der Waals surface area contributed by atoms with E-state index in [2.05, 4.69) is 47.8 Å². The second-order valence-corrected chi connectivity index (χ2v) is 12.7. The third kappa shape index (κ3) is 20.4. The molecule has 0 heterocycles. The average molecular weight is 633 g/mol. The molecule has 0 rings (SSSR count). The minimum Gasteiger partial charge on any atom is -0.462 e.